The van der Waals surface area contributed by atoms with Crippen molar-refractivity contribution in [3.63, 3.8) is 0 Å². The van der Waals surface area contributed by atoms with E-state index in [2.05, 4.69) is 5.32 Å². The molecule has 0 saturated carbocycles. The topological polar surface area (TPSA) is 61.8 Å². The minimum atomic E-state index is -4.38. The van der Waals surface area contributed by atoms with Crippen molar-refractivity contribution < 1.29 is 13.2 Å². The predicted molar refractivity (Wildman–Crippen MR) is 97.3 cm³/mol. The van der Waals surface area contributed by atoms with Crippen LogP contribution in [0.1, 0.15) is 27.8 Å². The average molecular weight is 357 g/mol. The van der Waals surface area contributed by atoms with Crippen LogP contribution < -0.4 is 11.1 Å². The molecule has 6 heteroatoms. The smallest absolute Gasteiger partial charge is 0.396 e. The van der Waals surface area contributed by atoms with Gasteiger partial charge in [-0.3, -0.25) is 0 Å². The Kier molecular flexibility index (Phi) is 5.73. The summed E-state index contributed by atoms with van der Waals surface area (Å²) in [5.41, 5.74) is 8.71. The van der Waals surface area contributed by atoms with Gasteiger partial charge >= 0.3 is 6.18 Å². The highest BCUT2D eigenvalue weighted by Crippen LogP contribution is 2.30. The first-order valence-electron chi connectivity index (χ1n) is 7.80. The van der Waals surface area contributed by atoms with Crippen molar-refractivity contribution in [2.24, 2.45) is 5.73 Å². The molecule has 2 aromatic carbocycles. The van der Waals surface area contributed by atoms with Crippen molar-refractivity contribution in [2.45, 2.75) is 13.1 Å². The van der Waals surface area contributed by atoms with Crippen LogP contribution >= 0.6 is 0 Å². The van der Waals surface area contributed by atoms with Crippen molar-refractivity contribution >= 4 is 17.8 Å². The van der Waals surface area contributed by atoms with Crippen molar-refractivity contribution in [1.82, 2.24) is 5.32 Å². The van der Waals surface area contributed by atoms with Gasteiger partial charge in [-0.2, -0.15) is 18.4 Å². The highest BCUT2D eigenvalue weighted by atomic mass is 19.4. The molecule has 0 aromatic heterocycles. The van der Waals surface area contributed by atoms with E-state index in [1.165, 1.54) is 6.07 Å². The van der Waals surface area contributed by atoms with E-state index in [-0.39, 0.29) is 5.70 Å². The van der Waals surface area contributed by atoms with Crippen LogP contribution in [0.5, 0.6) is 0 Å². The lowest BCUT2D eigenvalue weighted by Crippen LogP contribution is -2.11. The van der Waals surface area contributed by atoms with Crippen LogP contribution in [0.25, 0.3) is 17.8 Å². The van der Waals surface area contributed by atoms with E-state index in [0.717, 1.165) is 23.3 Å². The molecular weight excluding hydrogens is 339 g/mol. The van der Waals surface area contributed by atoms with E-state index in [1.807, 2.05) is 19.1 Å². The van der Waals surface area contributed by atoms with Gasteiger partial charge < -0.3 is 11.1 Å². The van der Waals surface area contributed by atoms with Gasteiger partial charge in [0.05, 0.1) is 11.3 Å². The van der Waals surface area contributed by atoms with E-state index in [0.29, 0.717) is 16.8 Å². The Morgan fingerprint density at radius 1 is 1.15 bits per heavy atom. The molecule has 0 amide bonds. The quantitative estimate of drug-likeness (QED) is 0.623. The third-order valence-corrected chi connectivity index (χ3v) is 3.89. The summed E-state index contributed by atoms with van der Waals surface area (Å²) in [7, 11) is 1.61. The van der Waals surface area contributed by atoms with Gasteiger partial charge in [0.2, 0.25) is 0 Å². The summed E-state index contributed by atoms with van der Waals surface area (Å²) in [5, 5.41) is 11.8. The lowest BCUT2D eigenvalue weighted by Gasteiger charge is -2.09. The number of hydrogen-bond donors (Lipinski definition) is 2. The SMILES string of the molecule is CN/C(C#N)=C(\N)c1ccc(C)c(/C=C/c2cccc(C(F)(F)F)c2)c1. The Balaban J connectivity index is 2.39. The van der Waals surface area contributed by atoms with Crippen molar-refractivity contribution in [3.05, 3.63) is 76.0 Å². The molecule has 0 radical (unpaired) electrons. The van der Waals surface area contributed by atoms with Crippen LogP contribution in [-0.4, -0.2) is 7.05 Å². The summed E-state index contributed by atoms with van der Waals surface area (Å²) in [6.07, 6.45) is -1.03. The Labute approximate surface area is 150 Å². The molecule has 0 unspecified atom stereocenters. The molecule has 0 atom stereocenters. The number of rotatable bonds is 4. The molecule has 2 rings (SSSR count). The van der Waals surface area contributed by atoms with Gasteiger partial charge in [0.1, 0.15) is 11.8 Å². The van der Waals surface area contributed by atoms with Crippen LogP contribution in [0.3, 0.4) is 0 Å². The maximum atomic E-state index is 12.8. The molecular formula is C20H18F3N3. The number of nitriles is 1. The van der Waals surface area contributed by atoms with E-state index in [1.54, 1.807) is 37.4 Å². The Bertz CT molecular complexity index is 903. The first-order chi connectivity index (χ1) is 12.3. The Hall–Kier alpha value is -3.20. The molecule has 0 fully saturated rings. The predicted octanol–water partition coefficient (Wildman–Crippen LogP) is 4.55. The van der Waals surface area contributed by atoms with Crippen LogP contribution in [0, 0.1) is 18.3 Å². The summed E-state index contributed by atoms with van der Waals surface area (Å²) in [4.78, 5) is 0. The minimum absolute atomic E-state index is 0.252. The standard InChI is InChI=1S/C20H18F3N3/c1-13-6-8-16(19(25)18(12-24)26-2)11-15(13)9-7-14-4-3-5-17(10-14)20(21,22)23/h3-11,26H,25H2,1-2H3/b9-7+,19-18-. The number of benzene rings is 2. The maximum Gasteiger partial charge on any atom is 0.416 e. The number of allylic oxidation sites excluding steroid dienone is 1. The Morgan fingerprint density at radius 2 is 1.88 bits per heavy atom. The van der Waals surface area contributed by atoms with Gasteiger partial charge in [-0.15, -0.1) is 0 Å². The third-order valence-electron chi connectivity index (χ3n) is 3.89. The minimum Gasteiger partial charge on any atom is -0.396 e. The van der Waals surface area contributed by atoms with Crippen LogP contribution in [0.2, 0.25) is 0 Å². The summed E-state index contributed by atoms with van der Waals surface area (Å²) in [6, 6.07) is 12.5. The molecule has 0 heterocycles. The zero-order valence-electron chi connectivity index (χ0n) is 14.4. The number of nitrogens with one attached hydrogen (secondary N) is 1. The number of nitrogens with two attached hydrogens (primary N) is 1. The van der Waals surface area contributed by atoms with Gasteiger partial charge in [-0.25, -0.2) is 0 Å². The first kappa shape index (κ1) is 19.1. The van der Waals surface area contributed by atoms with Gasteiger partial charge in [0.15, 0.2) is 0 Å². The molecule has 0 bridgehead atoms. The van der Waals surface area contributed by atoms with Gasteiger partial charge in [0, 0.05) is 12.6 Å². The normalized spacial score (nSPS) is 12.6. The van der Waals surface area contributed by atoms with Crippen LogP contribution in [-0.2, 0) is 6.18 Å². The highest BCUT2D eigenvalue weighted by molar-refractivity contribution is 5.76. The second-order valence-corrected chi connectivity index (χ2v) is 5.68. The van der Waals surface area contributed by atoms with Gasteiger partial charge in [-0.05, 0) is 41.8 Å². The zero-order chi connectivity index (χ0) is 19.3. The van der Waals surface area contributed by atoms with E-state index in [4.69, 9.17) is 11.0 Å². The number of nitrogens with zero attached hydrogens (tertiary/aromatic N) is 1. The molecule has 0 aliphatic heterocycles. The maximum absolute atomic E-state index is 12.8. The van der Waals surface area contributed by atoms with E-state index < -0.39 is 11.7 Å². The second-order valence-electron chi connectivity index (χ2n) is 5.68. The largest absolute Gasteiger partial charge is 0.416 e. The Morgan fingerprint density at radius 3 is 2.50 bits per heavy atom. The third kappa shape index (κ3) is 4.45. The average Bonchev–Trinajstić information content (AvgIpc) is 2.61. The fourth-order valence-corrected chi connectivity index (χ4v) is 2.39. The molecule has 0 aliphatic rings. The van der Waals surface area contributed by atoms with Crippen LogP contribution in [0.15, 0.2) is 48.2 Å². The van der Waals surface area contributed by atoms with E-state index in [9.17, 15) is 13.2 Å². The number of aryl methyl sites for hydroxylation is 1. The summed E-state index contributed by atoms with van der Waals surface area (Å²) >= 11 is 0. The number of alkyl halides is 3. The monoisotopic (exact) mass is 357 g/mol. The number of halogens is 3. The van der Waals surface area contributed by atoms with Crippen molar-refractivity contribution in [3.8, 4) is 6.07 Å². The summed E-state index contributed by atoms with van der Waals surface area (Å²) in [6.45, 7) is 1.89. The van der Waals surface area contributed by atoms with Crippen molar-refractivity contribution in [2.75, 3.05) is 7.05 Å². The molecule has 26 heavy (non-hydrogen) atoms. The molecule has 3 nitrogen and oxygen atoms in total. The van der Waals surface area contributed by atoms with Gasteiger partial charge in [-0.1, -0.05) is 36.4 Å². The molecule has 134 valence electrons. The van der Waals surface area contributed by atoms with Gasteiger partial charge in [0.25, 0.3) is 0 Å². The van der Waals surface area contributed by atoms with E-state index >= 15 is 0 Å². The molecule has 0 saturated heterocycles. The lowest BCUT2D eigenvalue weighted by molar-refractivity contribution is -0.137. The number of hydrogen-bond acceptors (Lipinski definition) is 3. The lowest BCUT2D eigenvalue weighted by atomic mass is 10.0. The molecule has 0 aliphatic carbocycles. The first-order valence-corrected chi connectivity index (χ1v) is 7.80. The molecule has 3 N–H and O–H groups in total. The van der Waals surface area contributed by atoms with Crippen LogP contribution in [0.4, 0.5) is 13.2 Å². The molecule has 0 spiro atoms. The second kappa shape index (κ2) is 7.79. The van der Waals surface area contributed by atoms with Crippen molar-refractivity contribution in [1.29, 1.82) is 5.26 Å². The fourth-order valence-electron chi connectivity index (χ4n) is 2.39. The summed E-state index contributed by atoms with van der Waals surface area (Å²) in [5.74, 6) is 0. The molecule has 2 aromatic rings. The summed E-state index contributed by atoms with van der Waals surface area (Å²) < 4.78 is 38.4. The highest BCUT2D eigenvalue weighted by Gasteiger charge is 2.30. The fraction of sp³-hybridized carbons (Fsp3) is 0.150. The zero-order valence-corrected chi connectivity index (χ0v) is 14.4.